The average Bonchev–Trinajstić information content (AvgIpc) is 3.38. The summed E-state index contributed by atoms with van der Waals surface area (Å²) in [5.74, 6) is -2.93. The van der Waals surface area contributed by atoms with Crippen molar-refractivity contribution >= 4 is 40.4 Å². The first-order valence-corrected chi connectivity index (χ1v) is 15.6. The molecule has 12 nitrogen and oxygen atoms in total. The summed E-state index contributed by atoms with van der Waals surface area (Å²) in [6.45, 7) is 10.1. The molecule has 2 atom stereocenters. The highest BCUT2D eigenvalue weighted by molar-refractivity contribution is 5.97. The Hall–Kier alpha value is -4.81. The Morgan fingerprint density at radius 3 is 2.45 bits per heavy atom. The van der Waals surface area contributed by atoms with Gasteiger partial charge in [-0.2, -0.15) is 0 Å². The van der Waals surface area contributed by atoms with Crippen LogP contribution in [-0.4, -0.2) is 52.6 Å². The van der Waals surface area contributed by atoms with Crippen molar-refractivity contribution in [3.8, 4) is 0 Å². The van der Waals surface area contributed by atoms with Crippen LogP contribution in [0.2, 0.25) is 0 Å². The van der Waals surface area contributed by atoms with Crippen LogP contribution in [0.4, 0.5) is 10.1 Å². The van der Waals surface area contributed by atoms with Crippen molar-refractivity contribution in [1.82, 2.24) is 14.9 Å². The summed E-state index contributed by atoms with van der Waals surface area (Å²) < 4.78 is 31.8. The van der Waals surface area contributed by atoms with E-state index in [9.17, 15) is 24.0 Å². The van der Waals surface area contributed by atoms with Crippen LogP contribution in [0.25, 0.3) is 10.9 Å². The molecule has 3 aromatic rings. The Balaban J connectivity index is 1.51. The fraction of sp³-hybridized carbons (Fsp3) is 0.471. The molecule has 2 aromatic carbocycles. The van der Waals surface area contributed by atoms with E-state index < -0.39 is 41.1 Å². The maximum absolute atomic E-state index is 15.3. The topological polar surface area (TPSA) is 155 Å². The molecule has 47 heavy (non-hydrogen) atoms. The van der Waals surface area contributed by atoms with Gasteiger partial charge >= 0.3 is 17.9 Å². The zero-order valence-corrected chi connectivity index (χ0v) is 27.5. The van der Waals surface area contributed by atoms with Crippen LogP contribution in [0.1, 0.15) is 87.2 Å². The zero-order chi connectivity index (χ0) is 34.5. The van der Waals surface area contributed by atoms with Gasteiger partial charge in [0.15, 0.2) is 6.73 Å². The van der Waals surface area contributed by atoms with Gasteiger partial charge in [-0.15, -0.1) is 0 Å². The van der Waals surface area contributed by atoms with Crippen LogP contribution in [-0.2, 0) is 41.7 Å². The van der Waals surface area contributed by atoms with E-state index in [1.165, 1.54) is 16.7 Å². The average molecular weight is 653 g/mol. The first kappa shape index (κ1) is 35.1. The van der Waals surface area contributed by atoms with E-state index in [4.69, 9.17) is 14.2 Å². The summed E-state index contributed by atoms with van der Waals surface area (Å²) in [5.41, 5.74) is 1.46. The monoisotopic (exact) mass is 652 g/mol. The van der Waals surface area contributed by atoms with Crippen molar-refractivity contribution in [2.45, 2.75) is 86.0 Å². The SMILES string of the molecule is CCOC(=O)CC[C@H](NC(=O)c1ccc(NC2CCc3cc4nc(C)n(COC(=O)C(C)(C)C)c(=O)c4cc32)cc1F)C(=O)OCC. The van der Waals surface area contributed by atoms with E-state index in [2.05, 4.69) is 15.6 Å². The highest BCUT2D eigenvalue weighted by Crippen LogP contribution is 2.36. The smallest absolute Gasteiger partial charge is 0.328 e. The number of amides is 1. The van der Waals surface area contributed by atoms with Gasteiger partial charge in [-0.1, -0.05) is 0 Å². The lowest BCUT2D eigenvalue weighted by Gasteiger charge is -2.19. The number of hydrogen-bond donors (Lipinski definition) is 2. The fourth-order valence-electron chi connectivity index (χ4n) is 5.29. The normalized spacial score (nSPS) is 14.7. The second-order valence-electron chi connectivity index (χ2n) is 12.3. The molecule has 252 valence electrons. The van der Waals surface area contributed by atoms with Gasteiger partial charge in [0.2, 0.25) is 0 Å². The maximum Gasteiger partial charge on any atom is 0.328 e. The molecular formula is C34H41FN4O8. The minimum absolute atomic E-state index is 0.0668. The predicted octanol–water partition coefficient (Wildman–Crippen LogP) is 4.50. The molecule has 1 aromatic heterocycles. The lowest BCUT2D eigenvalue weighted by atomic mass is 9.98. The van der Waals surface area contributed by atoms with Crippen LogP contribution in [0.15, 0.2) is 35.1 Å². The van der Waals surface area contributed by atoms with Gasteiger partial charge < -0.3 is 24.8 Å². The Morgan fingerprint density at radius 1 is 1.06 bits per heavy atom. The minimum atomic E-state index is -1.16. The molecule has 1 aliphatic carbocycles. The Bertz CT molecular complexity index is 1750. The fourth-order valence-corrected chi connectivity index (χ4v) is 5.29. The number of halogens is 1. The summed E-state index contributed by atoms with van der Waals surface area (Å²) in [4.78, 5) is 67.5. The van der Waals surface area contributed by atoms with Crippen molar-refractivity contribution in [2.75, 3.05) is 18.5 Å². The number of nitrogens with one attached hydrogen (secondary N) is 2. The quantitative estimate of drug-likeness (QED) is 0.211. The first-order chi connectivity index (χ1) is 22.2. The molecule has 0 saturated carbocycles. The van der Waals surface area contributed by atoms with Crippen molar-refractivity contribution in [3.63, 3.8) is 0 Å². The van der Waals surface area contributed by atoms with Crippen LogP contribution in [0.5, 0.6) is 0 Å². The minimum Gasteiger partial charge on any atom is -0.466 e. The number of carbonyl (C=O) groups excluding carboxylic acids is 4. The van der Waals surface area contributed by atoms with Gasteiger partial charge in [0.05, 0.1) is 41.1 Å². The number of esters is 3. The molecule has 0 spiro atoms. The molecule has 1 amide bonds. The largest absolute Gasteiger partial charge is 0.466 e. The highest BCUT2D eigenvalue weighted by Gasteiger charge is 2.28. The van der Waals surface area contributed by atoms with E-state index in [-0.39, 0.29) is 50.0 Å². The summed E-state index contributed by atoms with van der Waals surface area (Å²) in [6, 6.07) is 6.28. The standard InChI is InChI=1S/C34H41FN4O8/c1-7-45-29(40)14-13-27(32(43)46-8-2)38-30(41)22-11-10-21(16-25(22)35)37-26-12-9-20-15-28-24(17-23(20)26)31(42)39(19(3)36-28)18-47-33(44)34(4,5)6/h10-11,15-17,26-27,37H,7-9,12-14,18H2,1-6H3,(H,38,41)/t26?,27-/m0/s1. The summed E-state index contributed by atoms with van der Waals surface area (Å²) in [6.07, 6.45) is 1.19. The molecule has 4 rings (SSSR count). The molecule has 1 unspecified atom stereocenters. The highest BCUT2D eigenvalue weighted by atomic mass is 19.1. The number of aryl methyl sites for hydroxylation is 2. The number of aromatic nitrogens is 2. The molecule has 1 aliphatic rings. The van der Waals surface area contributed by atoms with Gasteiger partial charge in [0.25, 0.3) is 11.5 Å². The van der Waals surface area contributed by atoms with E-state index >= 15 is 4.39 Å². The number of hydrogen-bond acceptors (Lipinski definition) is 10. The second kappa shape index (κ2) is 14.7. The van der Waals surface area contributed by atoms with Gasteiger partial charge in [0.1, 0.15) is 17.7 Å². The van der Waals surface area contributed by atoms with Gasteiger partial charge in [-0.3, -0.25) is 23.7 Å². The number of ether oxygens (including phenoxy) is 3. The number of rotatable bonds is 12. The van der Waals surface area contributed by atoms with E-state index in [1.54, 1.807) is 53.7 Å². The van der Waals surface area contributed by atoms with Crippen molar-refractivity contribution in [3.05, 3.63) is 69.0 Å². The molecule has 13 heteroatoms. The number of anilines is 1. The predicted molar refractivity (Wildman–Crippen MR) is 171 cm³/mol. The van der Waals surface area contributed by atoms with Crippen molar-refractivity contribution in [1.29, 1.82) is 0 Å². The number of benzene rings is 2. The molecule has 0 saturated heterocycles. The number of carbonyl (C=O) groups is 4. The van der Waals surface area contributed by atoms with Crippen molar-refractivity contribution in [2.24, 2.45) is 5.41 Å². The molecule has 0 aliphatic heterocycles. The molecular weight excluding hydrogens is 611 g/mol. The van der Waals surface area contributed by atoms with Gasteiger partial charge in [-0.25, -0.2) is 14.2 Å². The van der Waals surface area contributed by atoms with Crippen LogP contribution in [0.3, 0.4) is 0 Å². The lowest BCUT2D eigenvalue weighted by Crippen LogP contribution is -2.42. The Labute approximate surface area is 272 Å². The van der Waals surface area contributed by atoms with E-state index in [0.29, 0.717) is 35.3 Å². The van der Waals surface area contributed by atoms with Crippen LogP contribution >= 0.6 is 0 Å². The lowest BCUT2D eigenvalue weighted by molar-refractivity contribution is -0.157. The molecule has 0 radical (unpaired) electrons. The zero-order valence-electron chi connectivity index (χ0n) is 27.5. The Morgan fingerprint density at radius 2 is 1.79 bits per heavy atom. The second-order valence-corrected chi connectivity index (χ2v) is 12.3. The Kier molecular flexibility index (Phi) is 11.0. The molecule has 2 N–H and O–H groups in total. The molecule has 1 heterocycles. The molecule has 0 fully saturated rings. The number of fused-ring (bicyclic) bond motifs is 2. The third-order valence-corrected chi connectivity index (χ3v) is 7.79. The summed E-state index contributed by atoms with van der Waals surface area (Å²) >= 11 is 0. The number of nitrogens with zero attached hydrogens (tertiary/aromatic N) is 2. The van der Waals surface area contributed by atoms with Crippen LogP contribution < -0.4 is 16.2 Å². The van der Waals surface area contributed by atoms with Crippen LogP contribution in [0, 0.1) is 18.2 Å². The third-order valence-electron chi connectivity index (χ3n) is 7.79. The summed E-state index contributed by atoms with van der Waals surface area (Å²) in [5, 5.41) is 6.13. The molecule has 0 bridgehead atoms. The third kappa shape index (κ3) is 8.32. The van der Waals surface area contributed by atoms with Crippen molar-refractivity contribution < 1.29 is 37.8 Å². The summed E-state index contributed by atoms with van der Waals surface area (Å²) in [7, 11) is 0. The first-order valence-electron chi connectivity index (χ1n) is 15.6. The van der Waals surface area contributed by atoms with Gasteiger partial charge in [0, 0.05) is 12.1 Å². The van der Waals surface area contributed by atoms with E-state index in [0.717, 1.165) is 11.1 Å². The van der Waals surface area contributed by atoms with E-state index in [1.807, 2.05) is 6.07 Å². The maximum atomic E-state index is 15.3. The van der Waals surface area contributed by atoms with Gasteiger partial charge in [-0.05, 0) is 102 Å².